The van der Waals surface area contributed by atoms with E-state index in [1.165, 1.54) is 0 Å². The van der Waals surface area contributed by atoms with Gasteiger partial charge in [0.05, 0.1) is 37.2 Å². The van der Waals surface area contributed by atoms with Gasteiger partial charge in [-0.1, -0.05) is 0 Å². The number of hydrogen-bond acceptors (Lipinski definition) is 6. The molecule has 28 heavy (non-hydrogen) atoms. The molecule has 5 rings (SSSR count). The van der Waals surface area contributed by atoms with E-state index < -0.39 is 0 Å². The van der Waals surface area contributed by atoms with Gasteiger partial charge in [-0.15, -0.1) is 0 Å². The van der Waals surface area contributed by atoms with Crippen LogP contribution in [0.2, 0.25) is 0 Å². The summed E-state index contributed by atoms with van der Waals surface area (Å²) in [4.78, 5) is 24.2. The van der Waals surface area contributed by atoms with E-state index in [0.717, 1.165) is 17.3 Å². The topological polar surface area (TPSA) is 91.3 Å². The number of pyridine rings is 2. The number of nitrogens with zero attached hydrogens (tertiary/aromatic N) is 3. The molecule has 0 amide bonds. The van der Waals surface area contributed by atoms with Crippen molar-refractivity contribution in [3.8, 4) is 22.9 Å². The molecule has 1 N–H and O–H groups in total. The standard InChI is InChI=1S/C20H18N4O4/c1-2-26-15-6-7-21-19-17(15)24(20(25)23-19)12-4-5-14-13(10-12)18-16(11-22-14)27-8-3-9-28-18/h4-7,10-11H,2-3,8-9H2,1H3,(H,21,23,25). The highest BCUT2D eigenvalue weighted by molar-refractivity contribution is 5.90. The highest BCUT2D eigenvalue weighted by Crippen LogP contribution is 2.37. The average molecular weight is 378 g/mol. The Labute approximate surface area is 159 Å². The predicted octanol–water partition coefficient (Wildman–Crippen LogP) is 2.82. The van der Waals surface area contributed by atoms with E-state index >= 15 is 0 Å². The van der Waals surface area contributed by atoms with E-state index in [-0.39, 0.29) is 5.69 Å². The smallest absolute Gasteiger partial charge is 0.332 e. The molecule has 4 heterocycles. The Bertz CT molecular complexity index is 1240. The molecule has 0 bridgehead atoms. The normalized spacial score (nSPS) is 13.6. The maximum atomic E-state index is 12.7. The SMILES string of the molecule is CCOc1ccnc2[nH]c(=O)n(-c3ccc4ncc5c(c4c3)OCCCO5)c12. The first-order valence-corrected chi connectivity index (χ1v) is 9.17. The number of fused-ring (bicyclic) bond motifs is 4. The Morgan fingerprint density at radius 1 is 1.21 bits per heavy atom. The molecule has 0 aliphatic carbocycles. The van der Waals surface area contributed by atoms with Crippen LogP contribution in [0.15, 0.2) is 41.5 Å². The van der Waals surface area contributed by atoms with Crippen molar-refractivity contribution in [1.29, 1.82) is 0 Å². The second-order valence-electron chi connectivity index (χ2n) is 6.41. The lowest BCUT2D eigenvalue weighted by Crippen LogP contribution is -2.15. The number of imidazole rings is 1. The molecule has 8 nitrogen and oxygen atoms in total. The highest BCUT2D eigenvalue weighted by Gasteiger charge is 2.18. The number of hydrogen-bond donors (Lipinski definition) is 1. The Balaban J connectivity index is 1.77. The van der Waals surface area contributed by atoms with E-state index in [0.29, 0.717) is 53.9 Å². The van der Waals surface area contributed by atoms with E-state index in [4.69, 9.17) is 14.2 Å². The van der Waals surface area contributed by atoms with Crippen LogP contribution >= 0.6 is 0 Å². The van der Waals surface area contributed by atoms with Crippen molar-refractivity contribution >= 4 is 22.1 Å². The monoisotopic (exact) mass is 378 g/mol. The Kier molecular flexibility index (Phi) is 3.89. The van der Waals surface area contributed by atoms with E-state index in [1.807, 2.05) is 25.1 Å². The van der Waals surface area contributed by atoms with Crippen LogP contribution in [0, 0.1) is 0 Å². The molecule has 3 aromatic heterocycles. The van der Waals surface area contributed by atoms with E-state index in [9.17, 15) is 4.79 Å². The zero-order valence-corrected chi connectivity index (χ0v) is 15.3. The zero-order valence-electron chi connectivity index (χ0n) is 15.3. The van der Waals surface area contributed by atoms with Gasteiger partial charge in [-0.2, -0.15) is 0 Å². The molecule has 1 aromatic carbocycles. The van der Waals surface area contributed by atoms with Crippen LogP contribution in [0.3, 0.4) is 0 Å². The predicted molar refractivity (Wildman–Crippen MR) is 104 cm³/mol. The van der Waals surface area contributed by atoms with Crippen LogP contribution in [-0.4, -0.2) is 39.3 Å². The van der Waals surface area contributed by atoms with Crippen LogP contribution < -0.4 is 19.9 Å². The first-order valence-electron chi connectivity index (χ1n) is 9.17. The third-order valence-electron chi connectivity index (χ3n) is 4.66. The molecule has 0 atom stereocenters. The second-order valence-corrected chi connectivity index (χ2v) is 6.41. The molecular formula is C20H18N4O4. The summed E-state index contributed by atoms with van der Waals surface area (Å²) in [5.74, 6) is 1.86. The van der Waals surface area contributed by atoms with Gasteiger partial charge in [0.15, 0.2) is 17.1 Å². The first kappa shape index (κ1) is 16.6. The van der Waals surface area contributed by atoms with Crippen LogP contribution in [0.5, 0.6) is 17.2 Å². The fraction of sp³-hybridized carbons (Fsp3) is 0.250. The van der Waals surface area contributed by atoms with Gasteiger partial charge in [0, 0.05) is 24.1 Å². The quantitative estimate of drug-likeness (QED) is 0.589. The molecule has 0 fully saturated rings. The van der Waals surface area contributed by atoms with Crippen molar-refractivity contribution in [3.63, 3.8) is 0 Å². The van der Waals surface area contributed by atoms with Crippen molar-refractivity contribution < 1.29 is 14.2 Å². The van der Waals surface area contributed by atoms with Gasteiger partial charge in [-0.3, -0.25) is 14.5 Å². The lowest BCUT2D eigenvalue weighted by Gasteiger charge is -2.12. The van der Waals surface area contributed by atoms with Crippen molar-refractivity contribution in [2.45, 2.75) is 13.3 Å². The lowest BCUT2D eigenvalue weighted by atomic mass is 10.1. The summed E-state index contributed by atoms with van der Waals surface area (Å²) in [6.07, 6.45) is 4.10. The van der Waals surface area contributed by atoms with Crippen LogP contribution in [0.25, 0.3) is 27.8 Å². The van der Waals surface area contributed by atoms with Crippen molar-refractivity contribution in [2.75, 3.05) is 19.8 Å². The Hall–Kier alpha value is -3.55. The number of aromatic amines is 1. The second kappa shape index (κ2) is 6.56. The van der Waals surface area contributed by atoms with Crippen LogP contribution in [0.4, 0.5) is 0 Å². The number of H-pyrrole nitrogens is 1. The minimum Gasteiger partial charge on any atom is -0.491 e. The molecule has 8 heteroatoms. The number of nitrogens with one attached hydrogen (secondary N) is 1. The summed E-state index contributed by atoms with van der Waals surface area (Å²) in [5.41, 5.74) is 2.22. The van der Waals surface area contributed by atoms with Crippen LogP contribution in [0.1, 0.15) is 13.3 Å². The number of benzene rings is 1. The van der Waals surface area contributed by atoms with Gasteiger partial charge in [-0.05, 0) is 25.1 Å². The molecule has 0 spiro atoms. The van der Waals surface area contributed by atoms with Gasteiger partial charge < -0.3 is 14.2 Å². The summed E-state index contributed by atoms with van der Waals surface area (Å²) >= 11 is 0. The molecule has 0 saturated heterocycles. The van der Waals surface area contributed by atoms with Gasteiger partial charge in [0.1, 0.15) is 11.3 Å². The summed E-state index contributed by atoms with van der Waals surface area (Å²) in [7, 11) is 0. The average Bonchev–Trinajstić information content (AvgIpc) is 2.88. The molecule has 0 radical (unpaired) electrons. The van der Waals surface area contributed by atoms with Crippen LogP contribution in [-0.2, 0) is 0 Å². The fourth-order valence-corrected chi connectivity index (χ4v) is 3.46. The number of rotatable bonds is 3. The third kappa shape index (κ3) is 2.57. The molecular weight excluding hydrogens is 360 g/mol. The van der Waals surface area contributed by atoms with Crippen molar-refractivity contribution in [2.24, 2.45) is 0 Å². The van der Waals surface area contributed by atoms with Gasteiger partial charge >= 0.3 is 5.69 Å². The summed E-state index contributed by atoms with van der Waals surface area (Å²) in [6.45, 7) is 3.54. The lowest BCUT2D eigenvalue weighted by molar-refractivity contribution is 0.297. The summed E-state index contributed by atoms with van der Waals surface area (Å²) in [5, 5.41) is 0.792. The molecule has 1 aliphatic rings. The van der Waals surface area contributed by atoms with Gasteiger partial charge in [0.25, 0.3) is 0 Å². The fourth-order valence-electron chi connectivity index (χ4n) is 3.46. The molecule has 4 aromatic rings. The first-order chi connectivity index (χ1) is 13.8. The number of aromatic nitrogens is 4. The summed E-state index contributed by atoms with van der Waals surface area (Å²) in [6, 6.07) is 7.34. The molecule has 0 unspecified atom stereocenters. The molecule has 0 saturated carbocycles. The largest absolute Gasteiger partial charge is 0.491 e. The zero-order chi connectivity index (χ0) is 19.1. The maximum absolute atomic E-state index is 12.7. The maximum Gasteiger partial charge on any atom is 0.332 e. The Morgan fingerprint density at radius 2 is 2.11 bits per heavy atom. The Morgan fingerprint density at radius 3 is 3.00 bits per heavy atom. The molecule has 142 valence electrons. The minimum absolute atomic E-state index is 0.291. The van der Waals surface area contributed by atoms with Crippen molar-refractivity contribution in [1.82, 2.24) is 19.5 Å². The highest BCUT2D eigenvalue weighted by atomic mass is 16.5. The minimum atomic E-state index is -0.291. The summed E-state index contributed by atoms with van der Waals surface area (Å²) < 4.78 is 18.9. The van der Waals surface area contributed by atoms with E-state index in [2.05, 4.69) is 15.0 Å². The van der Waals surface area contributed by atoms with Crippen molar-refractivity contribution in [3.05, 3.63) is 47.1 Å². The molecule has 1 aliphatic heterocycles. The third-order valence-corrected chi connectivity index (χ3v) is 4.66. The van der Waals surface area contributed by atoms with Gasteiger partial charge in [0.2, 0.25) is 0 Å². The number of ether oxygens (including phenoxy) is 3. The van der Waals surface area contributed by atoms with Gasteiger partial charge in [-0.25, -0.2) is 9.78 Å². The van der Waals surface area contributed by atoms with E-state index in [1.54, 1.807) is 23.0 Å².